The number of hydrogen-bond acceptors (Lipinski definition) is 2. The van der Waals surface area contributed by atoms with Crippen molar-refractivity contribution < 1.29 is 4.79 Å². The predicted octanol–water partition coefficient (Wildman–Crippen LogP) is 2.39. The van der Waals surface area contributed by atoms with Crippen molar-refractivity contribution in [1.82, 2.24) is 4.90 Å². The first kappa shape index (κ1) is 13.8. The van der Waals surface area contributed by atoms with Crippen molar-refractivity contribution in [2.45, 2.75) is 19.3 Å². The summed E-state index contributed by atoms with van der Waals surface area (Å²) < 4.78 is 0. The summed E-state index contributed by atoms with van der Waals surface area (Å²) in [5.41, 5.74) is 6.45. The Morgan fingerprint density at radius 3 is 2.47 bits per heavy atom. The summed E-state index contributed by atoms with van der Waals surface area (Å²) in [6, 6.07) is 9.73. The maximum atomic E-state index is 12.5. The number of benzene rings is 1. The Hall–Kier alpha value is -1.62. The van der Waals surface area contributed by atoms with Crippen LogP contribution in [0.5, 0.6) is 0 Å². The first-order valence-electron chi connectivity index (χ1n) is 6.58. The molecule has 5 heteroatoms. The number of nitrogens with two attached hydrogens (primary N) is 1. The van der Waals surface area contributed by atoms with Gasteiger partial charge in [-0.1, -0.05) is 30.4 Å². The number of carbonyl (C=O) groups excluding carboxylic acids is 1. The number of rotatable bonds is 4. The van der Waals surface area contributed by atoms with Crippen molar-refractivity contribution in [2.24, 2.45) is 5.73 Å². The van der Waals surface area contributed by atoms with E-state index in [4.69, 9.17) is 18.0 Å². The molecule has 1 aromatic rings. The molecule has 0 spiro atoms. The van der Waals surface area contributed by atoms with Gasteiger partial charge in [0.15, 0.2) is 0 Å². The third kappa shape index (κ3) is 3.67. The zero-order chi connectivity index (χ0) is 13.7. The highest BCUT2D eigenvalue weighted by Gasteiger charge is 2.24. The number of nitrogens with zero attached hydrogens (tertiary/aromatic N) is 2. The van der Waals surface area contributed by atoms with Gasteiger partial charge in [0.2, 0.25) is 0 Å². The molecule has 2 N–H and O–H groups in total. The summed E-state index contributed by atoms with van der Waals surface area (Å²) in [4.78, 5) is 16.6. The monoisotopic (exact) mass is 277 g/mol. The van der Waals surface area contributed by atoms with E-state index >= 15 is 0 Å². The van der Waals surface area contributed by atoms with Crippen molar-refractivity contribution in [1.29, 1.82) is 0 Å². The molecule has 1 aromatic carbocycles. The van der Waals surface area contributed by atoms with Crippen LogP contribution in [0.25, 0.3) is 0 Å². The molecule has 0 bridgehead atoms. The van der Waals surface area contributed by atoms with Gasteiger partial charge in [-0.05, 0) is 25.0 Å². The smallest absolute Gasteiger partial charge is 0.324 e. The van der Waals surface area contributed by atoms with E-state index in [1.807, 2.05) is 35.2 Å². The average molecular weight is 277 g/mol. The Bertz CT molecular complexity index is 443. The maximum absolute atomic E-state index is 12.5. The SMILES string of the molecule is NC(=S)CCN(C(=O)N1CCCC1)c1ccccc1. The molecule has 1 aliphatic rings. The van der Waals surface area contributed by atoms with Crippen molar-refractivity contribution in [2.75, 3.05) is 24.5 Å². The molecule has 1 heterocycles. The molecular formula is C14H19N3OS. The van der Waals surface area contributed by atoms with Crippen LogP contribution in [-0.4, -0.2) is 35.6 Å². The zero-order valence-corrected chi connectivity index (χ0v) is 11.7. The Morgan fingerprint density at radius 1 is 1.26 bits per heavy atom. The van der Waals surface area contributed by atoms with Crippen molar-refractivity contribution in [3.63, 3.8) is 0 Å². The third-order valence-corrected chi connectivity index (χ3v) is 3.46. The molecule has 0 unspecified atom stereocenters. The predicted molar refractivity (Wildman–Crippen MR) is 81.4 cm³/mol. The lowest BCUT2D eigenvalue weighted by Gasteiger charge is -2.28. The summed E-state index contributed by atoms with van der Waals surface area (Å²) in [6.45, 7) is 2.22. The molecule has 102 valence electrons. The van der Waals surface area contributed by atoms with E-state index in [2.05, 4.69) is 0 Å². The molecule has 0 atom stereocenters. The van der Waals surface area contributed by atoms with Crippen molar-refractivity contribution in [3.8, 4) is 0 Å². The highest BCUT2D eigenvalue weighted by atomic mass is 32.1. The van der Waals surface area contributed by atoms with E-state index in [9.17, 15) is 4.79 Å². The maximum Gasteiger partial charge on any atom is 0.324 e. The highest BCUT2D eigenvalue weighted by molar-refractivity contribution is 7.80. The topological polar surface area (TPSA) is 49.6 Å². The summed E-state index contributed by atoms with van der Waals surface area (Å²) >= 11 is 4.91. The van der Waals surface area contributed by atoms with Crippen LogP contribution in [0.1, 0.15) is 19.3 Å². The van der Waals surface area contributed by atoms with Crippen LogP contribution in [0.2, 0.25) is 0 Å². The van der Waals surface area contributed by atoms with Crippen LogP contribution in [0.15, 0.2) is 30.3 Å². The normalized spacial score (nSPS) is 14.4. The van der Waals surface area contributed by atoms with Gasteiger partial charge < -0.3 is 10.6 Å². The summed E-state index contributed by atoms with van der Waals surface area (Å²) in [7, 11) is 0. The molecule has 0 radical (unpaired) electrons. The Kier molecular flexibility index (Phi) is 4.74. The molecule has 0 saturated carbocycles. The first-order valence-corrected chi connectivity index (χ1v) is 6.99. The van der Waals surface area contributed by atoms with Gasteiger partial charge in [0.05, 0.1) is 4.99 Å². The van der Waals surface area contributed by atoms with Gasteiger partial charge in [-0.3, -0.25) is 4.90 Å². The lowest BCUT2D eigenvalue weighted by atomic mass is 10.2. The largest absolute Gasteiger partial charge is 0.393 e. The fraction of sp³-hybridized carbons (Fsp3) is 0.429. The molecule has 1 saturated heterocycles. The minimum Gasteiger partial charge on any atom is -0.393 e. The number of carbonyl (C=O) groups is 1. The number of hydrogen-bond donors (Lipinski definition) is 1. The van der Waals surface area contributed by atoms with Crippen molar-refractivity contribution in [3.05, 3.63) is 30.3 Å². The second-order valence-corrected chi connectivity index (χ2v) is 5.20. The number of urea groups is 1. The minimum absolute atomic E-state index is 0.0555. The summed E-state index contributed by atoms with van der Waals surface area (Å²) in [5, 5.41) is 0. The quantitative estimate of drug-likeness (QED) is 0.860. The standard InChI is InChI=1S/C14H19N3OS/c15-13(19)8-11-17(12-6-2-1-3-7-12)14(18)16-9-4-5-10-16/h1-3,6-7H,4-5,8-11H2,(H2,15,19). The van der Waals surface area contributed by atoms with Gasteiger partial charge >= 0.3 is 6.03 Å². The molecule has 19 heavy (non-hydrogen) atoms. The molecule has 2 rings (SSSR count). The fourth-order valence-corrected chi connectivity index (χ4v) is 2.34. The van der Waals surface area contributed by atoms with Crippen LogP contribution in [-0.2, 0) is 0 Å². The second kappa shape index (κ2) is 6.52. The molecule has 1 fully saturated rings. The summed E-state index contributed by atoms with van der Waals surface area (Å²) in [6.07, 6.45) is 2.72. The first-order chi connectivity index (χ1) is 9.18. The van der Waals surface area contributed by atoms with Gasteiger partial charge in [-0.15, -0.1) is 0 Å². The molecule has 1 aliphatic heterocycles. The van der Waals surface area contributed by atoms with Gasteiger partial charge in [-0.2, -0.15) is 0 Å². The van der Waals surface area contributed by atoms with Crippen LogP contribution in [0, 0.1) is 0 Å². The van der Waals surface area contributed by atoms with Crippen LogP contribution >= 0.6 is 12.2 Å². The number of amides is 2. The molecule has 0 aliphatic carbocycles. The van der Waals surface area contributed by atoms with Crippen molar-refractivity contribution >= 4 is 28.9 Å². The Balaban J connectivity index is 2.13. The molecular weight excluding hydrogens is 258 g/mol. The molecule has 0 aromatic heterocycles. The fourth-order valence-electron chi connectivity index (χ4n) is 2.24. The number of likely N-dealkylation sites (tertiary alicyclic amines) is 1. The lowest BCUT2D eigenvalue weighted by Crippen LogP contribution is -2.43. The van der Waals surface area contributed by atoms with E-state index < -0.39 is 0 Å². The minimum atomic E-state index is 0.0555. The number of anilines is 1. The van der Waals surface area contributed by atoms with Gasteiger partial charge in [0.1, 0.15) is 0 Å². The Morgan fingerprint density at radius 2 is 1.89 bits per heavy atom. The lowest BCUT2D eigenvalue weighted by molar-refractivity contribution is 0.215. The Labute approximate surface area is 119 Å². The van der Waals surface area contributed by atoms with Crippen LogP contribution < -0.4 is 10.6 Å². The number of thiocarbonyl (C=S) groups is 1. The van der Waals surface area contributed by atoms with E-state index in [0.29, 0.717) is 18.0 Å². The molecule has 4 nitrogen and oxygen atoms in total. The van der Waals surface area contributed by atoms with Gasteiger partial charge in [-0.25, -0.2) is 4.79 Å². The molecule has 2 amide bonds. The third-order valence-electron chi connectivity index (χ3n) is 3.26. The van der Waals surface area contributed by atoms with E-state index in [1.54, 1.807) is 4.90 Å². The van der Waals surface area contributed by atoms with Crippen LogP contribution in [0.4, 0.5) is 10.5 Å². The van der Waals surface area contributed by atoms with E-state index in [-0.39, 0.29) is 6.03 Å². The summed E-state index contributed by atoms with van der Waals surface area (Å²) in [5.74, 6) is 0. The van der Waals surface area contributed by atoms with Crippen LogP contribution in [0.3, 0.4) is 0 Å². The average Bonchev–Trinajstić information content (AvgIpc) is 2.93. The number of para-hydroxylation sites is 1. The van der Waals surface area contributed by atoms with E-state index in [0.717, 1.165) is 31.6 Å². The zero-order valence-electron chi connectivity index (χ0n) is 10.9. The van der Waals surface area contributed by atoms with E-state index in [1.165, 1.54) is 0 Å². The van der Waals surface area contributed by atoms with Gasteiger partial charge in [0, 0.05) is 31.7 Å². The van der Waals surface area contributed by atoms with Gasteiger partial charge in [0.25, 0.3) is 0 Å². The highest BCUT2D eigenvalue weighted by Crippen LogP contribution is 2.18. The second-order valence-electron chi connectivity index (χ2n) is 4.68.